The molecule has 3 rings (SSSR count). The second-order valence-corrected chi connectivity index (χ2v) is 3.77. The van der Waals surface area contributed by atoms with Crippen LogP contribution in [0.4, 0.5) is 8.78 Å². The van der Waals surface area contributed by atoms with E-state index in [-0.39, 0.29) is 0 Å². The molecule has 1 radical (unpaired) electrons. The third-order valence-corrected chi connectivity index (χ3v) is 2.71. The maximum absolute atomic E-state index is 13.7. The number of rotatable bonds is 1. The topological polar surface area (TPSA) is 4.93 Å². The summed E-state index contributed by atoms with van der Waals surface area (Å²) in [6.45, 7) is 0. The molecule has 0 aliphatic carbocycles. The Morgan fingerprint density at radius 2 is 1.94 bits per heavy atom. The van der Waals surface area contributed by atoms with Gasteiger partial charge in [-0.2, -0.15) is 0 Å². The Morgan fingerprint density at radius 3 is 2.76 bits per heavy atom. The molecule has 0 saturated carbocycles. The first-order valence-corrected chi connectivity index (χ1v) is 5.18. The summed E-state index contributed by atoms with van der Waals surface area (Å²) in [6.07, 6.45) is 1.76. The molecule has 0 unspecified atom stereocenters. The fourth-order valence-electron chi connectivity index (χ4n) is 1.91. The highest BCUT2D eigenvalue weighted by Gasteiger charge is 2.08. The van der Waals surface area contributed by atoms with E-state index < -0.39 is 11.6 Å². The Bertz CT molecular complexity index is 686. The molecule has 0 N–H and O–H groups in total. The number of benzene rings is 2. The molecule has 1 nitrogen and oxygen atoms in total. The fraction of sp³-hybridized carbons (Fsp3) is 0. The van der Waals surface area contributed by atoms with Crippen molar-refractivity contribution >= 4 is 10.9 Å². The van der Waals surface area contributed by atoms with Gasteiger partial charge in [0.05, 0.1) is 11.2 Å². The molecule has 1 aromatic heterocycles. The predicted molar refractivity (Wildman–Crippen MR) is 62.0 cm³/mol. The van der Waals surface area contributed by atoms with Crippen molar-refractivity contribution in [3.05, 3.63) is 66.4 Å². The number of hydrogen-bond acceptors (Lipinski definition) is 0. The Balaban J connectivity index is 2.27. The molecule has 0 atom stereocenters. The monoisotopic (exact) mass is 228 g/mol. The van der Waals surface area contributed by atoms with Gasteiger partial charge in [-0.1, -0.05) is 12.1 Å². The maximum Gasteiger partial charge on any atom is 0.150 e. The van der Waals surface area contributed by atoms with Gasteiger partial charge in [0.15, 0.2) is 0 Å². The van der Waals surface area contributed by atoms with Gasteiger partial charge in [-0.15, -0.1) is 0 Å². The van der Waals surface area contributed by atoms with Crippen molar-refractivity contribution in [3.63, 3.8) is 0 Å². The number of nitrogens with zero attached hydrogens (tertiary/aromatic N) is 1. The van der Waals surface area contributed by atoms with Crippen molar-refractivity contribution in [1.82, 2.24) is 4.57 Å². The van der Waals surface area contributed by atoms with Crippen molar-refractivity contribution in [2.45, 2.75) is 0 Å². The molecular weight excluding hydrogens is 220 g/mol. The molecule has 0 fully saturated rings. The zero-order valence-electron chi connectivity index (χ0n) is 8.82. The van der Waals surface area contributed by atoms with Gasteiger partial charge in [-0.05, 0) is 35.7 Å². The Morgan fingerprint density at radius 1 is 1.06 bits per heavy atom. The summed E-state index contributed by atoms with van der Waals surface area (Å²) in [5, 5.41) is 0.993. The largest absolute Gasteiger partial charge is 0.314 e. The zero-order chi connectivity index (χ0) is 11.8. The minimum atomic E-state index is -0.577. The highest BCUT2D eigenvalue weighted by Crippen LogP contribution is 2.22. The predicted octanol–water partition coefficient (Wildman–Crippen LogP) is 3.71. The third kappa shape index (κ3) is 1.60. The molecule has 17 heavy (non-hydrogen) atoms. The van der Waals surface area contributed by atoms with Crippen LogP contribution in [0.25, 0.3) is 16.6 Å². The minimum absolute atomic E-state index is 0.334. The van der Waals surface area contributed by atoms with E-state index in [1.165, 1.54) is 12.1 Å². The lowest BCUT2D eigenvalue weighted by molar-refractivity contribution is 0.578. The number of aromatic nitrogens is 1. The summed E-state index contributed by atoms with van der Waals surface area (Å²) < 4.78 is 28.2. The van der Waals surface area contributed by atoms with Gasteiger partial charge in [0.1, 0.15) is 11.6 Å². The third-order valence-electron chi connectivity index (χ3n) is 2.71. The standard InChI is InChI=1S/C14H8F2N/c15-11-5-6-14(12(16)9-11)17-8-7-10-3-1-2-4-13(10)17/h1,3-9H. The quantitative estimate of drug-likeness (QED) is 0.598. The van der Waals surface area contributed by atoms with Crippen molar-refractivity contribution in [1.29, 1.82) is 0 Å². The first-order chi connectivity index (χ1) is 8.25. The lowest BCUT2D eigenvalue weighted by Gasteiger charge is -2.06. The van der Waals surface area contributed by atoms with E-state index >= 15 is 0 Å². The molecule has 3 aromatic rings. The van der Waals surface area contributed by atoms with Crippen molar-refractivity contribution in [3.8, 4) is 5.69 Å². The smallest absolute Gasteiger partial charge is 0.150 e. The van der Waals surface area contributed by atoms with Crippen LogP contribution in [0.5, 0.6) is 0 Å². The molecule has 0 bridgehead atoms. The van der Waals surface area contributed by atoms with Crippen LogP contribution in [0, 0.1) is 17.7 Å². The Labute approximate surface area is 96.9 Å². The molecule has 0 amide bonds. The first-order valence-electron chi connectivity index (χ1n) is 5.18. The maximum atomic E-state index is 13.7. The van der Waals surface area contributed by atoms with Gasteiger partial charge in [0.2, 0.25) is 0 Å². The molecule has 1 heterocycles. The summed E-state index contributed by atoms with van der Waals surface area (Å²) in [5.74, 6) is -1.15. The van der Waals surface area contributed by atoms with Crippen LogP contribution in [-0.4, -0.2) is 4.57 Å². The van der Waals surface area contributed by atoms with E-state index in [2.05, 4.69) is 6.07 Å². The van der Waals surface area contributed by atoms with Crippen LogP contribution in [-0.2, 0) is 0 Å². The van der Waals surface area contributed by atoms with E-state index in [9.17, 15) is 8.78 Å². The van der Waals surface area contributed by atoms with Crippen LogP contribution in [0.15, 0.2) is 48.7 Å². The average molecular weight is 228 g/mol. The van der Waals surface area contributed by atoms with Crippen LogP contribution < -0.4 is 0 Å². The van der Waals surface area contributed by atoms with E-state index in [1.807, 2.05) is 12.1 Å². The summed E-state index contributed by atoms with van der Waals surface area (Å²) in [4.78, 5) is 0. The first kappa shape index (κ1) is 10.0. The molecule has 0 aliphatic rings. The van der Waals surface area contributed by atoms with Crippen LogP contribution >= 0.6 is 0 Å². The lowest BCUT2D eigenvalue weighted by atomic mass is 10.2. The van der Waals surface area contributed by atoms with Gasteiger partial charge in [0.25, 0.3) is 0 Å². The number of hydrogen-bond donors (Lipinski definition) is 0. The lowest BCUT2D eigenvalue weighted by Crippen LogP contribution is -1.96. The number of halogens is 2. The van der Waals surface area contributed by atoms with Gasteiger partial charge in [-0.3, -0.25) is 0 Å². The van der Waals surface area contributed by atoms with Gasteiger partial charge >= 0.3 is 0 Å². The van der Waals surface area contributed by atoms with E-state index in [0.717, 1.165) is 17.0 Å². The number of fused-ring (bicyclic) bond motifs is 1. The van der Waals surface area contributed by atoms with E-state index in [4.69, 9.17) is 0 Å². The average Bonchev–Trinajstić information content (AvgIpc) is 2.73. The highest BCUT2D eigenvalue weighted by molar-refractivity contribution is 5.81. The Kier molecular flexibility index (Phi) is 2.18. The molecule has 2 aromatic carbocycles. The minimum Gasteiger partial charge on any atom is -0.314 e. The summed E-state index contributed by atoms with van der Waals surface area (Å²) in [6, 6.07) is 13.9. The normalized spacial score (nSPS) is 10.9. The fourth-order valence-corrected chi connectivity index (χ4v) is 1.91. The SMILES string of the molecule is Fc1ccc(-n2ccc3cc[c]cc32)c(F)c1. The molecular formula is C14H8F2N. The van der Waals surface area contributed by atoms with E-state index in [1.54, 1.807) is 22.9 Å². The van der Waals surface area contributed by atoms with Crippen LogP contribution in [0.1, 0.15) is 0 Å². The van der Waals surface area contributed by atoms with Crippen molar-refractivity contribution in [2.24, 2.45) is 0 Å². The summed E-state index contributed by atoms with van der Waals surface area (Å²) in [7, 11) is 0. The van der Waals surface area contributed by atoms with Crippen molar-refractivity contribution in [2.75, 3.05) is 0 Å². The van der Waals surface area contributed by atoms with Crippen LogP contribution in [0.3, 0.4) is 0 Å². The molecule has 0 aliphatic heterocycles. The van der Waals surface area contributed by atoms with Gasteiger partial charge in [0, 0.05) is 12.3 Å². The Hall–Kier alpha value is -2.16. The molecule has 0 spiro atoms. The summed E-state index contributed by atoms with van der Waals surface area (Å²) >= 11 is 0. The molecule has 83 valence electrons. The van der Waals surface area contributed by atoms with Gasteiger partial charge in [-0.25, -0.2) is 8.78 Å². The molecule has 0 saturated heterocycles. The van der Waals surface area contributed by atoms with E-state index in [0.29, 0.717) is 5.69 Å². The second kappa shape index (κ2) is 3.70. The zero-order valence-corrected chi connectivity index (χ0v) is 8.82. The van der Waals surface area contributed by atoms with Gasteiger partial charge < -0.3 is 4.57 Å². The van der Waals surface area contributed by atoms with Crippen LogP contribution in [0.2, 0.25) is 0 Å². The molecule has 3 heteroatoms. The second-order valence-electron chi connectivity index (χ2n) is 3.77. The van der Waals surface area contributed by atoms with Crippen molar-refractivity contribution < 1.29 is 8.78 Å². The highest BCUT2D eigenvalue weighted by atomic mass is 19.1. The summed E-state index contributed by atoms with van der Waals surface area (Å²) in [5.41, 5.74) is 1.18.